The molecule has 0 bridgehead atoms. The summed E-state index contributed by atoms with van der Waals surface area (Å²) in [5.74, 6) is 0. The minimum absolute atomic E-state index is 0.176. The van der Waals surface area contributed by atoms with Crippen LogP contribution in [0.2, 0.25) is 0 Å². The minimum Gasteiger partial charge on any atom is -0.394 e. The van der Waals surface area contributed by atoms with Gasteiger partial charge in [-0.2, -0.15) is 0 Å². The first kappa shape index (κ1) is 16.9. The Balaban J connectivity index is 2.57. The highest BCUT2D eigenvalue weighted by molar-refractivity contribution is 4.89. The van der Waals surface area contributed by atoms with E-state index in [0.29, 0.717) is 18.2 Å². The van der Waals surface area contributed by atoms with E-state index in [4.69, 9.17) is 4.74 Å². The molecule has 0 aliphatic carbocycles. The first-order chi connectivity index (χ1) is 8.86. The highest BCUT2D eigenvalue weighted by Crippen LogP contribution is 2.19. The molecule has 0 aromatic carbocycles. The van der Waals surface area contributed by atoms with Gasteiger partial charge in [0, 0.05) is 37.3 Å². The van der Waals surface area contributed by atoms with Gasteiger partial charge < -0.3 is 15.2 Å². The molecular formula is C15H32N2O2. The van der Waals surface area contributed by atoms with Gasteiger partial charge in [-0.15, -0.1) is 0 Å². The van der Waals surface area contributed by atoms with E-state index in [1.165, 1.54) is 0 Å². The Labute approximate surface area is 118 Å². The summed E-state index contributed by atoms with van der Waals surface area (Å²) >= 11 is 0. The Morgan fingerprint density at radius 3 is 2.68 bits per heavy atom. The van der Waals surface area contributed by atoms with Gasteiger partial charge in [-0.05, 0) is 33.6 Å². The average Bonchev–Trinajstić information content (AvgIpc) is 2.52. The van der Waals surface area contributed by atoms with Crippen molar-refractivity contribution in [1.82, 2.24) is 10.2 Å². The van der Waals surface area contributed by atoms with Crippen molar-refractivity contribution in [3.05, 3.63) is 0 Å². The fraction of sp³-hybridized carbons (Fsp3) is 1.00. The quantitative estimate of drug-likeness (QED) is 0.771. The maximum atomic E-state index is 9.68. The Morgan fingerprint density at radius 1 is 1.42 bits per heavy atom. The maximum absolute atomic E-state index is 9.68. The second kappa shape index (κ2) is 7.58. The van der Waals surface area contributed by atoms with Crippen LogP contribution in [-0.4, -0.2) is 60.0 Å². The SMILES string of the molecule is CC(C)NC(C)(CO)CC(C)N1CCCOC(C)C1. The maximum Gasteiger partial charge on any atom is 0.0673 e. The number of rotatable bonds is 6. The normalized spacial score (nSPS) is 27.0. The third kappa shape index (κ3) is 5.78. The molecule has 0 saturated carbocycles. The van der Waals surface area contributed by atoms with E-state index >= 15 is 0 Å². The van der Waals surface area contributed by atoms with Gasteiger partial charge in [0.05, 0.1) is 12.7 Å². The molecule has 19 heavy (non-hydrogen) atoms. The number of hydrogen-bond donors (Lipinski definition) is 2. The van der Waals surface area contributed by atoms with Crippen LogP contribution in [0.1, 0.15) is 47.5 Å². The van der Waals surface area contributed by atoms with Crippen LogP contribution in [0, 0.1) is 0 Å². The molecule has 1 aliphatic rings. The lowest BCUT2D eigenvalue weighted by Gasteiger charge is -2.38. The van der Waals surface area contributed by atoms with Crippen LogP contribution >= 0.6 is 0 Å². The molecule has 4 heteroatoms. The number of aliphatic hydroxyl groups excluding tert-OH is 1. The predicted molar refractivity (Wildman–Crippen MR) is 79.4 cm³/mol. The molecule has 1 rings (SSSR count). The molecule has 0 aromatic heterocycles. The van der Waals surface area contributed by atoms with Crippen molar-refractivity contribution in [3.63, 3.8) is 0 Å². The Bertz CT molecular complexity index is 261. The molecule has 1 saturated heterocycles. The van der Waals surface area contributed by atoms with E-state index in [-0.39, 0.29) is 12.1 Å². The van der Waals surface area contributed by atoms with Gasteiger partial charge in [0.15, 0.2) is 0 Å². The van der Waals surface area contributed by atoms with Crippen LogP contribution in [0.15, 0.2) is 0 Å². The number of nitrogens with one attached hydrogen (secondary N) is 1. The molecule has 1 heterocycles. The summed E-state index contributed by atoms with van der Waals surface area (Å²) in [5, 5.41) is 13.2. The topological polar surface area (TPSA) is 44.7 Å². The third-order valence-electron chi connectivity index (χ3n) is 3.84. The number of nitrogens with zero attached hydrogens (tertiary/aromatic N) is 1. The zero-order valence-corrected chi connectivity index (χ0v) is 13.3. The second-order valence-electron chi connectivity index (χ2n) is 6.60. The van der Waals surface area contributed by atoms with Gasteiger partial charge >= 0.3 is 0 Å². The molecule has 3 unspecified atom stereocenters. The molecule has 0 amide bonds. The molecule has 0 aromatic rings. The highest BCUT2D eigenvalue weighted by Gasteiger charge is 2.29. The van der Waals surface area contributed by atoms with Gasteiger partial charge in [0.2, 0.25) is 0 Å². The van der Waals surface area contributed by atoms with Crippen LogP contribution < -0.4 is 5.32 Å². The lowest BCUT2D eigenvalue weighted by molar-refractivity contribution is 0.0542. The molecule has 1 aliphatic heterocycles. The van der Waals surface area contributed by atoms with Crippen LogP contribution in [0.4, 0.5) is 0 Å². The molecule has 4 nitrogen and oxygen atoms in total. The lowest BCUT2D eigenvalue weighted by atomic mass is 9.92. The minimum atomic E-state index is -0.204. The van der Waals surface area contributed by atoms with Gasteiger partial charge in [0.1, 0.15) is 0 Å². The van der Waals surface area contributed by atoms with E-state index in [0.717, 1.165) is 32.5 Å². The monoisotopic (exact) mass is 272 g/mol. The molecule has 2 N–H and O–H groups in total. The van der Waals surface area contributed by atoms with E-state index < -0.39 is 0 Å². The zero-order chi connectivity index (χ0) is 14.5. The fourth-order valence-electron chi connectivity index (χ4n) is 3.07. The molecule has 1 fully saturated rings. The van der Waals surface area contributed by atoms with Gasteiger partial charge in [-0.1, -0.05) is 13.8 Å². The Hall–Kier alpha value is -0.160. The standard InChI is InChI=1S/C15H32N2O2/c1-12(2)16-15(5,11-18)9-13(3)17-7-6-8-19-14(4)10-17/h12-14,16,18H,6-11H2,1-5H3. The van der Waals surface area contributed by atoms with Gasteiger partial charge in [-0.3, -0.25) is 4.90 Å². The van der Waals surface area contributed by atoms with Gasteiger partial charge in [0.25, 0.3) is 0 Å². The molecule has 3 atom stereocenters. The second-order valence-corrected chi connectivity index (χ2v) is 6.60. The van der Waals surface area contributed by atoms with E-state index in [1.807, 2.05) is 0 Å². The molecule has 0 radical (unpaired) electrons. The Kier molecular flexibility index (Phi) is 6.74. The zero-order valence-electron chi connectivity index (χ0n) is 13.3. The fourth-order valence-corrected chi connectivity index (χ4v) is 3.07. The van der Waals surface area contributed by atoms with Crippen molar-refractivity contribution < 1.29 is 9.84 Å². The smallest absolute Gasteiger partial charge is 0.0673 e. The van der Waals surface area contributed by atoms with E-state index in [1.54, 1.807) is 0 Å². The van der Waals surface area contributed by atoms with Crippen LogP contribution in [0.25, 0.3) is 0 Å². The summed E-state index contributed by atoms with van der Waals surface area (Å²) < 4.78 is 5.70. The van der Waals surface area contributed by atoms with E-state index in [9.17, 15) is 5.11 Å². The van der Waals surface area contributed by atoms with Crippen molar-refractivity contribution >= 4 is 0 Å². The molecular weight excluding hydrogens is 240 g/mol. The predicted octanol–water partition coefficient (Wildman–Crippen LogP) is 1.62. The highest BCUT2D eigenvalue weighted by atomic mass is 16.5. The summed E-state index contributed by atoms with van der Waals surface area (Å²) in [7, 11) is 0. The summed E-state index contributed by atoms with van der Waals surface area (Å²) in [6.45, 7) is 13.9. The number of hydrogen-bond acceptors (Lipinski definition) is 4. The van der Waals surface area contributed by atoms with E-state index in [2.05, 4.69) is 44.8 Å². The van der Waals surface area contributed by atoms with Gasteiger partial charge in [-0.25, -0.2) is 0 Å². The molecule has 0 spiro atoms. The summed E-state index contributed by atoms with van der Waals surface area (Å²) in [6, 6.07) is 0.836. The lowest BCUT2D eigenvalue weighted by Crippen LogP contribution is -2.53. The Morgan fingerprint density at radius 2 is 2.11 bits per heavy atom. The summed E-state index contributed by atoms with van der Waals surface area (Å²) in [4.78, 5) is 2.49. The van der Waals surface area contributed by atoms with Crippen LogP contribution in [0.5, 0.6) is 0 Å². The first-order valence-corrected chi connectivity index (χ1v) is 7.60. The summed E-state index contributed by atoms with van der Waals surface area (Å²) in [5.41, 5.74) is -0.204. The molecule has 114 valence electrons. The van der Waals surface area contributed by atoms with Crippen molar-refractivity contribution in [3.8, 4) is 0 Å². The van der Waals surface area contributed by atoms with Crippen LogP contribution in [-0.2, 0) is 4.74 Å². The van der Waals surface area contributed by atoms with Crippen molar-refractivity contribution in [2.45, 2.75) is 71.2 Å². The van der Waals surface area contributed by atoms with Crippen molar-refractivity contribution in [1.29, 1.82) is 0 Å². The largest absolute Gasteiger partial charge is 0.394 e. The third-order valence-corrected chi connectivity index (χ3v) is 3.84. The number of aliphatic hydroxyl groups is 1. The van der Waals surface area contributed by atoms with Crippen LogP contribution in [0.3, 0.4) is 0 Å². The number of ether oxygens (including phenoxy) is 1. The van der Waals surface area contributed by atoms with Crippen molar-refractivity contribution in [2.75, 3.05) is 26.3 Å². The summed E-state index contributed by atoms with van der Waals surface area (Å²) in [6.07, 6.45) is 2.36. The van der Waals surface area contributed by atoms with Crippen molar-refractivity contribution in [2.24, 2.45) is 0 Å². The average molecular weight is 272 g/mol. The first-order valence-electron chi connectivity index (χ1n) is 7.60.